The van der Waals surface area contributed by atoms with Gasteiger partial charge in [-0.1, -0.05) is 0 Å². The van der Waals surface area contributed by atoms with Gasteiger partial charge >= 0.3 is 6.03 Å². The number of amides is 2. The second-order valence-corrected chi connectivity index (χ2v) is 8.77. The molecule has 3 heterocycles. The van der Waals surface area contributed by atoms with Crippen molar-refractivity contribution >= 4 is 6.03 Å². The predicted octanol–water partition coefficient (Wildman–Crippen LogP) is 2.09. The number of ether oxygens (including phenoxy) is 2. The molecule has 3 aliphatic heterocycles. The van der Waals surface area contributed by atoms with Gasteiger partial charge in [0.25, 0.3) is 0 Å². The number of rotatable bonds is 4. The zero-order chi connectivity index (χ0) is 17.8. The molecule has 4 aliphatic rings. The minimum absolute atomic E-state index is 0.130. The first-order valence-corrected chi connectivity index (χ1v) is 10.7. The quantitative estimate of drug-likeness (QED) is 0.829. The minimum atomic E-state index is 0.130. The summed E-state index contributed by atoms with van der Waals surface area (Å²) >= 11 is 0. The highest BCUT2D eigenvalue weighted by atomic mass is 16.5. The molecule has 6 nitrogen and oxygen atoms in total. The Hall–Kier alpha value is -0.850. The van der Waals surface area contributed by atoms with Gasteiger partial charge in [-0.2, -0.15) is 0 Å². The highest BCUT2D eigenvalue weighted by Crippen LogP contribution is 2.44. The fourth-order valence-corrected chi connectivity index (χ4v) is 4.99. The molecule has 4 rings (SSSR count). The maximum absolute atomic E-state index is 12.5. The highest BCUT2D eigenvalue weighted by Gasteiger charge is 2.42. The zero-order valence-corrected chi connectivity index (χ0v) is 16.1. The summed E-state index contributed by atoms with van der Waals surface area (Å²) in [5.41, 5.74) is 0.170. The highest BCUT2D eigenvalue weighted by molar-refractivity contribution is 5.74. The number of carbonyl (C=O) groups is 1. The van der Waals surface area contributed by atoms with Crippen molar-refractivity contribution in [1.82, 2.24) is 15.1 Å². The first kappa shape index (κ1) is 18.5. The van der Waals surface area contributed by atoms with Crippen molar-refractivity contribution < 1.29 is 14.3 Å². The number of urea groups is 1. The topological polar surface area (TPSA) is 54.0 Å². The van der Waals surface area contributed by atoms with E-state index >= 15 is 0 Å². The van der Waals surface area contributed by atoms with Crippen LogP contribution in [0.2, 0.25) is 0 Å². The molecule has 26 heavy (non-hydrogen) atoms. The van der Waals surface area contributed by atoms with Crippen molar-refractivity contribution in [3.63, 3.8) is 0 Å². The van der Waals surface area contributed by atoms with Crippen LogP contribution >= 0.6 is 0 Å². The Morgan fingerprint density at radius 2 is 1.73 bits per heavy atom. The van der Waals surface area contributed by atoms with Crippen LogP contribution in [-0.4, -0.2) is 80.5 Å². The average molecular weight is 366 g/mol. The van der Waals surface area contributed by atoms with E-state index in [2.05, 4.69) is 10.2 Å². The molecule has 148 valence electrons. The lowest BCUT2D eigenvalue weighted by molar-refractivity contribution is -0.142. The molecule has 0 aromatic carbocycles. The van der Waals surface area contributed by atoms with Crippen LogP contribution in [0, 0.1) is 11.8 Å². The van der Waals surface area contributed by atoms with E-state index in [1.165, 1.54) is 38.6 Å². The van der Waals surface area contributed by atoms with Gasteiger partial charge in [-0.05, 0) is 56.8 Å². The summed E-state index contributed by atoms with van der Waals surface area (Å²) in [6, 6.07) is 0.130. The fraction of sp³-hybridized carbons (Fsp3) is 0.950. The van der Waals surface area contributed by atoms with E-state index in [0.717, 1.165) is 71.3 Å². The molecule has 6 heteroatoms. The minimum Gasteiger partial charge on any atom is -0.381 e. The summed E-state index contributed by atoms with van der Waals surface area (Å²) in [4.78, 5) is 17.1. The molecule has 4 fully saturated rings. The molecule has 0 bridgehead atoms. The largest absolute Gasteiger partial charge is 0.381 e. The molecule has 0 radical (unpaired) electrons. The number of nitrogens with zero attached hydrogens (tertiary/aromatic N) is 2. The number of piperazine rings is 1. The zero-order valence-electron chi connectivity index (χ0n) is 16.1. The molecule has 1 atom stereocenters. The van der Waals surface area contributed by atoms with Gasteiger partial charge in [0.05, 0.1) is 5.60 Å². The van der Waals surface area contributed by atoms with Crippen LogP contribution in [-0.2, 0) is 9.47 Å². The Labute approximate surface area is 157 Å². The normalized spacial score (nSPS) is 30.2. The summed E-state index contributed by atoms with van der Waals surface area (Å²) in [6.45, 7) is 8.40. The second-order valence-electron chi connectivity index (χ2n) is 8.77. The lowest BCUT2D eigenvalue weighted by atomic mass is 9.72. The molecule has 1 N–H and O–H groups in total. The van der Waals surface area contributed by atoms with Crippen molar-refractivity contribution in [3.05, 3.63) is 0 Å². The standard InChI is InChI=1S/C20H35N3O3/c24-19(21-15-18-4-13-26-20(14-18)5-1-6-20)23-9-7-22(8-10-23)16-17-2-11-25-12-3-17/h17-18H,1-16H2,(H,21,24). The third-order valence-electron chi connectivity index (χ3n) is 6.92. The molecule has 1 saturated carbocycles. The van der Waals surface area contributed by atoms with Crippen LogP contribution in [0.5, 0.6) is 0 Å². The van der Waals surface area contributed by atoms with E-state index in [1.54, 1.807) is 0 Å². The van der Waals surface area contributed by atoms with Gasteiger partial charge in [-0.15, -0.1) is 0 Å². The summed E-state index contributed by atoms with van der Waals surface area (Å²) in [6.07, 6.45) is 8.32. The lowest BCUT2D eigenvalue weighted by Gasteiger charge is -2.47. The van der Waals surface area contributed by atoms with E-state index in [-0.39, 0.29) is 11.6 Å². The number of hydrogen-bond acceptors (Lipinski definition) is 4. The monoisotopic (exact) mass is 365 g/mol. The SMILES string of the molecule is O=C(NCC1CCOC2(CCC2)C1)N1CCN(CC2CCOCC2)CC1. The molecule has 2 amide bonds. The Morgan fingerprint density at radius 1 is 1.00 bits per heavy atom. The Balaban J connectivity index is 1.14. The number of nitrogens with one attached hydrogen (secondary N) is 1. The van der Waals surface area contributed by atoms with E-state index in [4.69, 9.17) is 9.47 Å². The Kier molecular flexibility index (Phi) is 6.01. The van der Waals surface area contributed by atoms with Gasteiger partial charge in [0.15, 0.2) is 0 Å². The van der Waals surface area contributed by atoms with Gasteiger partial charge in [0.2, 0.25) is 0 Å². The molecular formula is C20H35N3O3. The van der Waals surface area contributed by atoms with Gasteiger partial charge in [0.1, 0.15) is 0 Å². The summed E-state index contributed by atoms with van der Waals surface area (Å²) in [5.74, 6) is 1.36. The van der Waals surface area contributed by atoms with Gasteiger partial charge in [-0.3, -0.25) is 4.90 Å². The molecule has 1 aliphatic carbocycles. The van der Waals surface area contributed by atoms with Crippen LogP contribution in [0.25, 0.3) is 0 Å². The fourth-order valence-electron chi connectivity index (χ4n) is 4.99. The van der Waals surface area contributed by atoms with Gasteiger partial charge in [-0.25, -0.2) is 4.79 Å². The third kappa shape index (κ3) is 4.52. The van der Waals surface area contributed by atoms with Crippen LogP contribution < -0.4 is 5.32 Å². The van der Waals surface area contributed by atoms with Gasteiger partial charge < -0.3 is 19.7 Å². The molecule has 3 saturated heterocycles. The summed E-state index contributed by atoms with van der Waals surface area (Å²) < 4.78 is 11.4. The van der Waals surface area contributed by atoms with Crippen molar-refractivity contribution in [2.75, 3.05) is 59.1 Å². The first-order valence-electron chi connectivity index (χ1n) is 10.7. The average Bonchev–Trinajstić information content (AvgIpc) is 2.66. The van der Waals surface area contributed by atoms with Crippen LogP contribution in [0.3, 0.4) is 0 Å². The Bertz CT molecular complexity index is 469. The van der Waals surface area contributed by atoms with Crippen LogP contribution in [0.15, 0.2) is 0 Å². The van der Waals surface area contributed by atoms with E-state index in [0.29, 0.717) is 5.92 Å². The molecule has 1 unspecified atom stereocenters. The van der Waals surface area contributed by atoms with E-state index < -0.39 is 0 Å². The van der Waals surface area contributed by atoms with Crippen molar-refractivity contribution in [1.29, 1.82) is 0 Å². The van der Waals surface area contributed by atoms with Crippen molar-refractivity contribution in [2.24, 2.45) is 11.8 Å². The lowest BCUT2D eigenvalue weighted by Crippen LogP contribution is -2.54. The number of carbonyl (C=O) groups excluding carboxylic acids is 1. The van der Waals surface area contributed by atoms with Gasteiger partial charge in [0, 0.05) is 59.1 Å². The maximum Gasteiger partial charge on any atom is 0.317 e. The molecular weight excluding hydrogens is 330 g/mol. The first-order chi connectivity index (χ1) is 12.7. The number of hydrogen-bond donors (Lipinski definition) is 1. The smallest absolute Gasteiger partial charge is 0.317 e. The van der Waals surface area contributed by atoms with Crippen LogP contribution in [0.4, 0.5) is 4.79 Å². The van der Waals surface area contributed by atoms with E-state index in [9.17, 15) is 4.79 Å². The van der Waals surface area contributed by atoms with Crippen LogP contribution in [0.1, 0.15) is 44.9 Å². The molecule has 0 aromatic rings. The second kappa shape index (κ2) is 8.44. The summed E-state index contributed by atoms with van der Waals surface area (Å²) in [5, 5.41) is 3.20. The summed E-state index contributed by atoms with van der Waals surface area (Å²) in [7, 11) is 0. The Morgan fingerprint density at radius 3 is 2.42 bits per heavy atom. The molecule has 1 spiro atoms. The maximum atomic E-state index is 12.5. The van der Waals surface area contributed by atoms with Crippen molar-refractivity contribution in [3.8, 4) is 0 Å². The third-order valence-corrected chi connectivity index (χ3v) is 6.92. The molecule has 0 aromatic heterocycles. The van der Waals surface area contributed by atoms with E-state index in [1.807, 2.05) is 4.90 Å². The predicted molar refractivity (Wildman–Crippen MR) is 100 cm³/mol. The van der Waals surface area contributed by atoms with Crippen molar-refractivity contribution in [2.45, 2.75) is 50.5 Å².